The maximum Gasteiger partial charge on any atom is 0.107 e. The lowest BCUT2D eigenvalue weighted by molar-refractivity contribution is 1.17. The van der Waals surface area contributed by atoms with Gasteiger partial charge in [-0.05, 0) is 47.5 Å². The first-order chi connectivity index (χ1) is 18.3. The van der Waals surface area contributed by atoms with E-state index in [4.69, 9.17) is 4.98 Å². The predicted octanol–water partition coefficient (Wildman–Crippen LogP) is 6.76. The Morgan fingerprint density at radius 1 is 0.486 bits per heavy atom. The fourth-order valence-electron chi connectivity index (χ4n) is 4.81. The molecule has 0 amide bonds. The van der Waals surface area contributed by atoms with Crippen molar-refractivity contribution < 1.29 is 0 Å². The van der Waals surface area contributed by atoms with Gasteiger partial charge in [-0.2, -0.15) is 0 Å². The van der Waals surface area contributed by atoms with Crippen LogP contribution in [-0.4, -0.2) is 29.5 Å². The SMILES string of the molecule is c1ccc(-c2cc(-c3ccc(-n4c5ccncc5c5cnccc54)cc3)cc(-c3cnccn3)n2)cc1. The fraction of sp³-hybridized carbons (Fsp3) is 0. The summed E-state index contributed by atoms with van der Waals surface area (Å²) in [6, 6.07) is 27.1. The third-order valence-corrected chi connectivity index (χ3v) is 6.55. The molecule has 0 N–H and O–H groups in total. The van der Waals surface area contributed by atoms with Crippen LogP contribution in [-0.2, 0) is 0 Å². The zero-order valence-corrected chi connectivity index (χ0v) is 19.7. The highest BCUT2D eigenvalue weighted by atomic mass is 15.0. The van der Waals surface area contributed by atoms with Crippen LogP contribution in [0, 0.1) is 0 Å². The Hall–Kier alpha value is -5.23. The average Bonchev–Trinajstić information content (AvgIpc) is 3.32. The predicted molar refractivity (Wildman–Crippen MR) is 146 cm³/mol. The maximum absolute atomic E-state index is 4.91. The molecule has 6 heteroatoms. The van der Waals surface area contributed by atoms with Crippen LogP contribution < -0.4 is 0 Å². The third-order valence-electron chi connectivity index (χ3n) is 6.55. The van der Waals surface area contributed by atoms with Crippen molar-refractivity contribution in [1.29, 1.82) is 0 Å². The lowest BCUT2D eigenvalue weighted by Gasteiger charge is -2.11. The van der Waals surface area contributed by atoms with E-state index in [9.17, 15) is 0 Å². The topological polar surface area (TPSA) is 69.4 Å². The fourth-order valence-corrected chi connectivity index (χ4v) is 4.81. The molecule has 0 unspecified atom stereocenters. The summed E-state index contributed by atoms with van der Waals surface area (Å²) < 4.78 is 2.25. The molecular weight excluding hydrogens is 456 g/mol. The van der Waals surface area contributed by atoms with Gasteiger partial charge in [0.15, 0.2) is 0 Å². The molecule has 5 aromatic heterocycles. The summed E-state index contributed by atoms with van der Waals surface area (Å²) in [6.45, 7) is 0. The van der Waals surface area contributed by atoms with E-state index in [2.05, 4.69) is 73.0 Å². The molecular formula is C31H20N6. The monoisotopic (exact) mass is 476 g/mol. The molecule has 0 aliphatic heterocycles. The molecule has 0 fully saturated rings. The van der Waals surface area contributed by atoms with Crippen molar-refractivity contribution >= 4 is 21.8 Å². The lowest BCUT2D eigenvalue weighted by Crippen LogP contribution is -1.95. The first kappa shape index (κ1) is 21.1. The number of hydrogen-bond donors (Lipinski definition) is 0. The molecule has 0 bridgehead atoms. The Morgan fingerprint density at radius 2 is 1.16 bits per heavy atom. The van der Waals surface area contributed by atoms with Crippen LogP contribution in [0.15, 0.2) is 122 Å². The van der Waals surface area contributed by atoms with Crippen LogP contribution >= 0.6 is 0 Å². The van der Waals surface area contributed by atoms with Gasteiger partial charge in [0.05, 0.1) is 28.6 Å². The quantitative estimate of drug-likeness (QED) is 0.281. The lowest BCUT2D eigenvalue weighted by atomic mass is 10.0. The number of hydrogen-bond acceptors (Lipinski definition) is 5. The highest BCUT2D eigenvalue weighted by Crippen LogP contribution is 2.33. The normalized spacial score (nSPS) is 11.2. The number of aromatic nitrogens is 6. The highest BCUT2D eigenvalue weighted by Gasteiger charge is 2.13. The molecule has 37 heavy (non-hydrogen) atoms. The second kappa shape index (κ2) is 8.77. The van der Waals surface area contributed by atoms with Gasteiger partial charge in [0.1, 0.15) is 5.69 Å². The second-order valence-electron chi connectivity index (χ2n) is 8.75. The van der Waals surface area contributed by atoms with Crippen molar-refractivity contribution in [3.8, 4) is 39.5 Å². The Labute approximate surface area is 213 Å². The Balaban J connectivity index is 1.37. The van der Waals surface area contributed by atoms with Crippen LogP contribution in [0.3, 0.4) is 0 Å². The van der Waals surface area contributed by atoms with E-state index in [1.807, 2.05) is 55.1 Å². The van der Waals surface area contributed by atoms with E-state index in [-0.39, 0.29) is 0 Å². The van der Waals surface area contributed by atoms with E-state index in [1.54, 1.807) is 18.6 Å². The largest absolute Gasteiger partial charge is 0.309 e. The first-order valence-corrected chi connectivity index (χ1v) is 12.0. The van der Waals surface area contributed by atoms with E-state index in [0.29, 0.717) is 0 Å². The van der Waals surface area contributed by atoms with Gasteiger partial charge in [-0.25, -0.2) is 4.98 Å². The van der Waals surface area contributed by atoms with Gasteiger partial charge in [-0.1, -0.05) is 42.5 Å². The summed E-state index contributed by atoms with van der Waals surface area (Å²) in [5, 5.41) is 2.18. The standard InChI is InChI=1S/C31H20N6/c1-2-4-22(5-3-1)27-16-23(17-28(36-27)29-20-34-14-15-35-29)21-6-8-24(9-7-21)37-30-10-12-32-18-25(30)26-19-33-13-11-31(26)37/h1-20H. The number of pyridine rings is 3. The van der Waals surface area contributed by atoms with Gasteiger partial charge in [-0.15, -0.1) is 0 Å². The van der Waals surface area contributed by atoms with Gasteiger partial charge in [0.2, 0.25) is 0 Å². The number of rotatable bonds is 4. The summed E-state index contributed by atoms with van der Waals surface area (Å²) >= 11 is 0. The molecule has 0 radical (unpaired) electrons. The molecule has 0 aliphatic carbocycles. The van der Waals surface area contributed by atoms with E-state index in [0.717, 1.165) is 61.3 Å². The van der Waals surface area contributed by atoms with Gasteiger partial charge < -0.3 is 4.57 Å². The van der Waals surface area contributed by atoms with Crippen LogP contribution in [0.4, 0.5) is 0 Å². The molecule has 0 aliphatic rings. The third kappa shape index (κ3) is 3.72. The minimum absolute atomic E-state index is 0.741. The molecule has 6 nitrogen and oxygen atoms in total. The van der Waals surface area contributed by atoms with E-state index in [1.165, 1.54) is 0 Å². The minimum atomic E-state index is 0.741. The highest BCUT2D eigenvalue weighted by molar-refractivity contribution is 6.08. The van der Waals surface area contributed by atoms with Crippen LogP contribution in [0.25, 0.3) is 61.3 Å². The molecule has 0 saturated heterocycles. The van der Waals surface area contributed by atoms with Gasteiger partial charge in [-0.3, -0.25) is 19.9 Å². The van der Waals surface area contributed by atoms with Crippen molar-refractivity contribution in [1.82, 2.24) is 29.5 Å². The molecule has 0 atom stereocenters. The zero-order valence-electron chi connectivity index (χ0n) is 19.7. The summed E-state index contributed by atoms with van der Waals surface area (Å²) in [6.07, 6.45) is 12.6. The molecule has 5 heterocycles. The minimum Gasteiger partial charge on any atom is -0.309 e. The summed E-state index contributed by atoms with van der Waals surface area (Å²) in [7, 11) is 0. The van der Waals surface area contributed by atoms with Crippen molar-refractivity contribution in [2.24, 2.45) is 0 Å². The van der Waals surface area contributed by atoms with Gasteiger partial charge in [0, 0.05) is 59.2 Å². The Bertz CT molecular complexity index is 1750. The Kier molecular flexibility index (Phi) is 5.00. The van der Waals surface area contributed by atoms with Gasteiger partial charge in [0.25, 0.3) is 0 Å². The van der Waals surface area contributed by atoms with Crippen LogP contribution in [0.1, 0.15) is 0 Å². The number of benzene rings is 2. The maximum atomic E-state index is 4.91. The molecule has 0 spiro atoms. The summed E-state index contributed by atoms with van der Waals surface area (Å²) in [4.78, 5) is 22.3. The van der Waals surface area contributed by atoms with Crippen molar-refractivity contribution in [2.75, 3.05) is 0 Å². The molecule has 2 aromatic carbocycles. The van der Waals surface area contributed by atoms with E-state index >= 15 is 0 Å². The number of nitrogens with zero attached hydrogens (tertiary/aromatic N) is 6. The molecule has 7 aromatic rings. The molecule has 0 saturated carbocycles. The van der Waals surface area contributed by atoms with Crippen LogP contribution in [0.2, 0.25) is 0 Å². The summed E-state index contributed by atoms with van der Waals surface area (Å²) in [5.41, 5.74) is 8.92. The average molecular weight is 477 g/mol. The second-order valence-corrected chi connectivity index (χ2v) is 8.75. The Morgan fingerprint density at radius 3 is 1.84 bits per heavy atom. The van der Waals surface area contributed by atoms with E-state index < -0.39 is 0 Å². The van der Waals surface area contributed by atoms with Crippen molar-refractivity contribution in [3.63, 3.8) is 0 Å². The zero-order chi connectivity index (χ0) is 24.6. The first-order valence-electron chi connectivity index (χ1n) is 12.0. The molecule has 174 valence electrons. The van der Waals surface area contributed by atoms with Gasteiger partial charge >= 0.3 is 0 Å². The smallest absolute Gasteiger partial charge is 0.107 e. The van der Waals surface area contributed by atoms with Crippen molar-refractivity contribution in [3.05, 3.63) is 122 Å². The summed E-state index contributed by atoms with van der Waals surface area (Å²) in [5.74, 6) is 0. The molecule has 7 rings (SSSR count). The van der Waals surface area contributed by atoms with Crippen molar-refractivity contribution in [2.45, 2.75) is 0 Å². The number of fused-ring (bicyclic) bond motifs is 3. The van der Waals surface area contributed by atoms with Crippen LogP contribution in [0.5, 0.6) is 0 Å².